The molecule has 8 nitrogen and oxygen atoms in total. The molecule has 0 spiro atoms. The van der Waals surface area contributed by atoms with Crippen molar-refractivity contribution in [3.63, 3.8) is 0 Å². The molecule has 0 aliphatic rings. The fraction of sp³-hybridized carbons (Fsp3) is 0.250. The Hall–Kier alpha value is -3.23. The number of aromatic nitrogens is 4. The van der Waals surface area contributed by atoms with E-state index in [4.69, 9.17) is 14.9 Å². The minimum absolute atomic E-state index is 0.242. The quantitative estimate of drug-likeness (QED) is 0.509. The third kappa shape index (κ3) is 3.60. The molecule has 4 rings (SSSR count). The number of methoxy groups -OCH3 is 1. The van der Waals surface area contributed by atoms with Gasteiger partial charge in [-0.2, -0.15) is 4.52 Å². The maximum atomic E-state index is 6.16. The van der Waals surface area contributed by atoms with Crippen molar-refractivity contribution in [3.05, 3.63) is 54.3 Å². The molecule has 0 saturated heterocycles. The van der Waals surface area contributed by atoms with Crippen LogP contribution in [0.3, 0.4) is 0 Å². The first-order chi connectivity index (χ1) is 13.7. The number of nitrogens with zero attached hydrogens (tertiary/aromatic N) is 4. The summed E-state index contributed by atoms with van der Waals surface area (Å²) in [4.78, 5) is 9.08. The van der Waals surface area contributed by atoms with E-state index in [1.165, 1.54) is 4.52 Å². The normalized spacial score (nSPS) is 12.5. The molecule has 0 radical (unpaired) electrons. The van der Waals surface area contributed by atoms with Gasteiger partial charge in [-0.1, -0.05) is 24.3 Å². The molecule has 0 aliphatic carbocycles. The second-order valence-electron chi connectivity index (χ2n) is 6.58. The van der Waals surface area contributed by atoms with Crippen molar-refractivity contribution < 1.29 is 9.15 Å². The molecule has 28 heavy (non-hydrogen) atoms. The van der Waals surface area contributed by atoms with E-state index >= 15 is 0 Å². The van der Waals surface area contributed by atoms with Crippen molar-refractivity contribution in [2.45, 2.75) is 19.5 Å². The molecule has 3 aromatic heterocycles. The second kappa shape index (κ2) is 7.79. The van der Waals surface area contributed by atoms with E-state index in [1.807, 2.05) is 30.3 Å². The number of furan rings is 1. The lowest BCUT2D eigenvalue weighted by Crippen LogP contribution is -2.29. The van der Waals surface area contributed by atoms with Crippen LogP contribution in [-0.4, -0.2) is 39.3 Å². The van der Waals surface area contributed by atoms with Gasteiger partial charge in [0.1, 0.15) is 0 Å². The Morgan fingerprint density at radius 2 is 2.07 bits per heavy atom. The average molecular weight is 378 g/mol. The Morgan fingerprint density at radius 1 is 1.21 bits per heavy atom. The molecule has 8 heteroatoms. The van der Waals surface area contributed by atoms with E-state index in [0.717, 1.165) is 16.8 Å². The largest absolute Gasteiger partial charge is 0.461 e. The summed E-state index contributed by atoms with van der Waals surface area (Å²) < 4.78 is 12.1. The van der Waals surface area contributed by atoms with Gasteiger partial charge in [-0.3, -0.25) is 0 Å². The van der Waals surface area contributed by atoms with E-state index < -0.39 is 0 Å². The number of ether oxygens (including phenoxy) is 1. The molecule has 1 unspecified atom stereocenters. The summed E-state index contributed by atoms with van der Waals surface area (Å²) in [7, 11) is 1.70. The van der Waals surface area contributed by atoms with E-state index in [9.17, 15) is 0 Å². The number of rotatable bonds is 7. The van der Waals surface area contributed by atoms with Crippen molar-refractivity contribution >= 4 is 11.6 Å². The fourth-order valence-corrected chi connectivity index (χ4v) is 3.08. The van der Waals surface area contributed by atoms with Crippen molar-refractivity contribution in [1.82, 2.24) is 24.9 Å². The number of hydrogen-bond acceptors (Lipinski definition) is 7. The summed E-state index contributed by atoms with van der Waals surface area (Å²) >= 11 is 0. The highest BCUT2D eigenvalue weighted by Gasteiger charge is 2.15. The van der Waals surface area contributed by atoms with Crippen LogP contribution in [0.15, 0.2) is 53.1 Å². The Morgan fingerprint density at radius 3 is 2.86 bits per heavy atom. The Balaban J connectivity index is 1.69. The number of nitrogens with one attached hydrogen (secondary N) is 1. The standard InChI is InChI=1S/C20H22N6O2/c1-13(12-27-2)22-11-14-6-3-4-7-15(14)16-10-18-24-19(17-8-5-9-28-17)25-26(18)20(21)23-16/h3-10,13,22H,11-12H2,1-2H3,(H2,21,23). The Kier molecular flexibility index (Phi) is 5.05. The maximum absolute atomic E-state index is 6.16. The highest BCUT2D eigenvalue weighted by atomic mass is 16.5. The first-order valence-corrected chi connectivity index (χ1v) is 9.03. The number of fused-ring (bicyclic) bond motifs is 1. The van der Waals surface area contributed by atoms with Crippen LogP contribution in [0.2, 0.25) is 0 Å². The van der Waals surface area contributed by atoms with E-state index in [2.05, 4.69) is 33.4 Å². The predicted molar refractivity (Wildman–Crippen MR) is 107 cm³/mol. The van der Waals surface area contributed by atoms with Crippen molar-refractivity contribution in [2.24, 2.45) is 0 Å². The van der Waals surface area contributed by atoms with Crippen LogP contribution < -0.4 is 11.1 Å². The minimum atomic E-state index is 0.242. The van der Waals surface area contributed by atoms with Gasteiger partial charge < -0.3 is 20.2 Å². The van der Waals surface area contributed by atoms with E-state index in [0.29, 0.717) is 30.4 Å². The molecule has 1 atom stereocenters. The zero-order chi connectivity index (χ0) is 19.5. The molecular weight excluding hydrogens is 356 g/mol. The number of nitrogen functional groups attached to an aromatic ring is 1. The number of benzene rings is 1. The third-order valence-electron chi connectivity index (χ3n) is 4.44. The van der Waals surface area contributed by atoms with Crippen molar-refractivity contribution in [1.29, 1.82) is 0 Å². The molecule has 4 aromatic rings. The van der Waals surface area contributed by atoms with Crippen LogP contribution in [0, 0.1) is 0 Å². The number of nitrogens with two attached hydrogens (primary N) is 1. The number of hydrogen-bond donors (Lipinski definition) is 2. The molecular formula is C20H22N6O2. The van der Waals surface area contributed by atoms with Gasteiger partial charge in [-0.25, -0.2) is 9.97 Å². The first kappa shape index (κ1) is 18.1. The molecule has 0 bridgehead atoms. The summed E-state index contributed by atoms with van der Waals surface area (Å²) in [5.41, 5.74) is 9.64. The summed E-state index contributed by atoms with van der Waals surface area (Å²) in [6, 6.07) is 13.8. The summed E-state index contributed by atoms with van der Waals surface area (Å²) in [6.07, 6.45) is 1.59. The third-order valence-corrected chi connectivity index (χ3v) is 4.44. The molecule has 3 heterocycles. The number of anilines is 1. The second-order valence-corrected chi connectivity index (χ2v) is 6.58. The molecule has 0 amide bonds. The van der Waals surface area contributed by atoms with Crippen LogP contribution in [-0.2, 0) is 11.3 Å². The van der Waals surface area contributed by atoms with Gasteiger partial charge >= 0.3 is 0 Å². The molecule has 144 valence electrons. The summed E-state index contributed by atoms with van der Waals surface area (Å²) in [5.74, 6) is 1.33. The van der Waals surface area contributed by atoms with Crippen LogP contribution in [0.5, 0.6) is 0 Å². The van der Waals surface area contributed by atoms with Gasteiger partial charge in [-0.15, -0.1) is 5.10 Å². The topological polar surface area (TPSA) is 104 Å². The van der Waals surface area contributed by atoms with Gasteiger partial charge in [0.15, 0.2) is 11.4 Å². The van der Waals surface area contributed by atoms with Crippen LogP contribution in [0.4, 0.5) is 5.95 Å². The summed E-state index contributed by atoms with van der Waals surface area (Å²) in [5, 5.41) is 7.84. The van der Waals surface area contributed by atoms with Crippen LogP contribution >= 0.6 is 0 Å². The zero-order valence-corrected chi connectivity index (χ0v) is 15.8. The SMILES string of the molecule is COCC(C)NCc1ccccc1-c1cc2nc(-c3ccco3)nn2c(N)n1. The fourth-order valence-electron chi connectivity index (χ4n) is 3.08. The van der Waals surface area contributed by atoms with Crippen LogP contribution in [0.25, 0.3) is 28.5 Å². The van der Waals surface area contributed by atoms with Gasteiger partial charge in [0.05, 0.1) is 18.6 Å². The lowest BCUT2D eigenvalue weighted by molar-refractivity contribution is 0.171. The van der Waals surface area contributed by atoms with Gasteiger partial charge in [-0.05, 0) is 24.6 Å². The highest BCUT2D eigenvalue weighted by molar-refractivity contribution is 5.69. The van der Waals surface area contributed by atoms with E-state index in [1.54, 1.807) is 19.4 Å². The molecule has 3 N–H and O–H groups in total. The zero-order valence-electron chi connectivity index (χ0n) is 15.8. The minimum Gasteiger partial charge on any atom is -0.461 e. The van der Waals surface area contributed by atoms with Crippen LogP contribution in [0.1, 0.15) is 12.5 Å². The lowest BCUT2D eigenvalue weighted by atomic mass is 10.0. The molecule has 0 fully saturated rings. The predicted octanol–water partition coefficient (Wildman–Crippen LogP) is 2.76. The van der Waals surface area contributed by atoms with Gasteiger partial charge in [0, 0.05) is 31.3 Å². The van der Waals surface area contributed by atoms with E-state index in [-0.39, 0.29) is 12.0 Å². The van der Waals surface area contributed by atoms with Gasteiger partial charge in [0.2, 0.25) is 11.8 Å². The summed E-state index contributed by atoms with van der Waals surface area (Å²) in [6.45, 7) is 3.42. The average Bonchev–Trinajstić information content (AvgIpc) is 3.36. The first-order valence-electron chi connectivity index (χ1n) is 9.03. The smallest absolute Gasteiger partial charge is 0.223 e. The highest BCUT2D eigenvalue weighted by Crippen LogP contribution is 2.25. The van der Waals surface area contributed by atoms with Crippen molar-refractivity contribution in [3.8, 4) is 22.8 Å². The van der Waals surface area contributed by atoms with Crippen molar-refractivity contribution in [2.75, 3.05) is 19.5 Å². The molecule has 0 saturated carbocycles. The van der Waals surface area contributed by atoms with Gasteiger partial charge in [0.25, 0.3) is 0 Å². The molecule has 1 aromatic carbocycles. The monoisotopic (exact) mass is 378 g/mol. The Bertz CT molecular complexity index is 1070. The molecule has 0 aliphatic heterocycles. The Labute approximate surface area is 162 Å². The maximum Gasteiger partial charge on any atom is 0.223 e. The lowest BCUT2D eigenvalue weighted by Gasteiger charge is -2.15.